The van der Waals surface area contributed by atoms with Gasteiger partial charge in [-0.2, -0.15) is 0 Å². The number of hydrogen-bond acceptors (Lipinski definition) is 3. The largest absolute Gasteiger partial charge is 0.490 e. The molecule has 0 unspecified atom stereocenters. The van der Waals surface area contributed by atoms with Gasteiger partial charge in [-0.3, -0.25) is 4.79 Å². The quantitative estimate of drug-likeness (QED) is 0.871. The second kappa shape index (κ2) is 6.24. The molecule has 1 heterocycles. The van der Waals surface area contributed by atoms with Crippen LogP contribution in [0.4, 0.5) is 14.5 Å². The van der Waals surface area contributed by atoms with E-state index in [2.05, 4.69) is 0 Å². The van der Waals surface area contributed by atoms with E-state index in [1.807, 2.05) is 6.92 Å². The SMILES string of the molecule is CCOc1cccc2c1OCC(=O)N(c1ccc(F)cc1F)C2. The molecule has 0 saturated heterocycles. The Morgan fingerprint density at radius 1 is 1.26 bits per heavy atom. The van der Waals surface area contributed by atoms with Gasteiger partial charge in [0, 0.05) is 11.6 Å². The van der Waals surface area contributed by atoms with Crippen molar-refractivity contribution in [2.45, 2.75) is 13.5 Å². The van der Waals surface area contributed by atoms with E-state index in [0.717, 1.165) is 12.1 Å². The molecule has 0 bridgehead atoms. The Hall–Kier alpha value is -2.63. The van der Waals surface area contributed by atoms with Gasteiger partial charge >= 0.3 is 0 Å². The maximum atomic E-state index is 14.0. The average molecular weight is 319 g/mol. The summed E-state index contributed by atoms with van der Waals surface area (Å²) >= 11 is 0. The molecule has 1 aliphatic heterocycles. The van der Waals surface area contributed by atoms with Crippen LogP contribution in [0.2, 0.25) is 0 Å². The van der Waals surface area contributed by atoms with Crippen LogP contribution in [0.25, 0.3) is 0 Å². The van der Waals surface area contributed by atoms with Crippen molar-refractivity contribution in [2.24, 2.45) is 0 Å². The normalized spacial score (nSPS) is 14.0. The van der Waals surface area contributed by atoms with Crippen molar-refractivity contribution >= 4 is 11.6 Å². The summed E-state index contributed by atoms with van der Waals surface area (Å²) in [5, 5.41) is 0. The van der Waals surface area contributed by atoms with Gasteiger partial charge in [0.2, 0.25) is 0 Å². The first-order valence-electron chi connectivity index (χ1n) is 7.23. The third-order valence-electron chi connectivity index (χ3n) is 3.53. The highest BCUT2D eigenvalue weighted by molar-refractivity contribution is 5.95. The minimum Gasteiger partial charge on any atom is -0.490 e. The summed E-state index contributed by atoms with van der Waals surface area (Å²) in [6.45, 7) is 2.19. The summed E-state index contributed by atoms with van der Waals surface area (Å²) < 4.78 is 38.1. The number of amides is 1. The molecular formula is C17H15F2NO3. The summed E-state index contributed by atoms with van der Waals surface area (Å²) in [6, 6.07) is 8.44. The van der Waals surface area contributed by atoms with E-state index in [4.69, 9.17) is 9.47 Å². The zero-order chi connectivity index (χ0) is 16.4. The van der Waals surface area contributed by atoms with E-state index in [0.29, 0.717) is 23.7 Å². The number of hydrogen-bond donors (Lipinski definition) is 0. The number of para-hydroxylation sites is 1. The number of benzene rings is 2. The molecule has 0 aromatic heterocycles. The molecule has 6 heteroatoms. The van der Waals surface area contributed by atoms with Crippen LogP contribution in [-0.4, -0.2) is 19.1 Å². The van der Waals surface area contributed by atoms with Crippen molar-refractivity contribution in [3.8, 4) is 11.5 Å². The molecule has 23 heavy (non-hydrogen) atoms. The summed E-state index contributed by atoms with van der Waals surface area (Å²) in [6.07, 6.45) is 0. The second-order valence-electron chi connectivity index (χ2n) is 5.04. The van der Waals surface area contributed by atoms with Crippen molar-refractivity contribution in [2.75, 3.05) is 18.1 Å². The van der Waals surface area contributed by atoms with Gasteiger partial charge in [-0.15, -0.1) is 0 Å². The van der Waals surface area contributed by atoms with E-state index in [-0.39, 0.29) is 18.8 Å². The predicted octanol–water partition coefficient (Wildman–Crippen LogP) is 3.29. The molecule has 120 valence electrons. The average Bonchev–Trinajstić information content (AvgIpc) is 2.68. The van der Waals surface area contributed by atoms with Crippen molar-refractivity contribution in [3.63, 3.8) is 0 Å². The van der Waals surface area contributed by atoms with E-state index in [1.54, 1.807) is 18.2 Å². The summed E-state index contributed by atoms with van der Waals surface area (Å²) in [4.78, 5) is 13.5. The molecule has 0 N–H and O–H groups in total. The van der Waals surface area contributed by atoms with Gasteiger partial charge in [0.1, 0.15) is 11.6 Å². The minimum atomic E-state index is -0.789. The van der Waals surface area contributed by atoms with Crippen molar-refractivity contribution in [1.29, 1.82) is 0 Å². The highest BCUT2D eigenvalue weighted by atomic mass is 19.1. The number of carbonyl (C=O) groups excluding carboxylic acids is 1. The second-order valence-corrected chi connectivity index (χ2v) is 5.04. The third kappa shape index (κ3) is 2.97. The maximum Gasteiger partial charge on any atom is 0.265 e. The van der Waals surface area contributed by atoms with Crippen LogP contribution in [0.15, 0.2) is 36.4 Å². The van der Waals surface area contributed by atoms with Gasteiger partial charge < -0.3 is 14.4 Å². The summed E-state index contributed by atoms with van der Waals surface area (Å²) in [5.74, 6) is -0.868. The van der Waals surface area contributed by atoms with Gasteiger partial charge in [0.15, 0.2) is 18.1 Å². The zero-order valence-electron chi connectivity index (χ0n) is 12.5. The smallest absolute Gasteiger partial charge is 0.265 e. The highest BCUT2D eigenvalue weighted by Crippen LogP contribution is 2.35. The van der Waals surface area contributed by atoms with Gasteiger partial charge in [-0.05, 0) is 25.1 Å². The van der Waals surface area contributed by atoms with E-state index < -0.39 is 17.5 Å². The fraction of sp³-hybridized carbons (Fsp3) is 0.235. The van der Waals surface area contributed by atoms with Gasteiger partial charge in [-0.1, -0.05) is 12.1 Å². The predicted molar refractivity (Wildman–Crippen MR) is 80.7 cm³/mol. The number of ether oxygens (including phenoxy) is 2. The molecule has 1 aliphatic rings. The molecule has 4 nitrogen and oxygen atoms in total. The van der Waals surface area contributed by atoms with Gasteiger partial charge in [0.25, 0.3) is 5.91 Å². The lowest BCUT2D eigenvalue weighted by Gasteiger charge is -2.20. The molecule has 2 aromatic rings. The van der Waals surface area contributed by atoms with E-state index in [1.165, 1.54) is 11.0 Å². The van der Waals surface area contributed by atoms with Crippen molar-refractivity contribution in [1.82, 2.24) is 0 Å². The molecule has 2 aromatic carbocycles. The molecule has 3 rings (SSSR count). The van der Waals surface area contributed by atoms with Crippen LogP contribution in [0.5, 0.6) is 11.5 Å². The first-order chi connectivity index (χ1) is 11.1. The first kappa shape index (κ1) is 15.3. The lowest BCUT2D eigenvalue weighted by atomic mass is 10.1. The number of halogens is 2. The Balaban J connectivity index is 2.00. The van der Waals surface area contributed by atoms with Crippen molar-refractivity contribution < 1.29 is 23.0 Å². The monoisotopic (exact) mass is 319 g/mol. The van der Waals surface area contributed by atoms with Crippen LogP contribution in [0.3, 0.4) is 0 Å². The van der Waals surface area contributed by atoms with Crippen molar-refractivity contribution in [3.05, 3.63) is 53.6 Å². The number of rotatable bonds is 3. The lowest BCUT2D eigenvalue weighted by molar-refractivity contribution is -0.120. The molecular weight excluding hydrogens is 304 g/mol. The molecule has 0 aliphatic carbocycles. The molecule has 0 radical (unpaired) electrons. The minimum absolute atomic E-state index is 0.0228. The fourth-order valence-corrected chi connectivity index (χ4v) is 2.51. The summed E-state index contributed by atoms with van der Waals surface area (Å²) in [5.41, 5.74) is 0.722. The van der Waals surface area contributed by atoms with Gasteiger partial charge in [0.05, 0.1) is 18.8 Å². The Bertz CT molecular complexity index is 749. The fourth-order valence-electron chi connectivity index (χ4n) is 2.51. The molecule has 1 amide bonds. The third-order valence-corrected chi connectivity index (χ3v) is 3.53. The van der Waals surface area contributed by atoms with Crippen LogP contribution in [0.1, 0.15) is 12.5 Å². The Labute approximate surface area is 132 Å². The van der Waals surface area contributed by atoms with Crippen LogP contribution >= 0.6 is 0 Å². The van der Waals surface area contributed by atoms with Crippen LogP contribution < -0.4 is 14.4 Å². The molecule has 0 fully saturated rings. The maximum absolute atomic E-state index is 14.0. The number of nitrogens with zero attached hydrogens (tertiary/aromatic N) is 1. The first-order valence-corrected chi connectivity index (χ1v) is 7.23. The topological polar surface area (TPSA) is 38.8 Å². The standard InChI is InChI=1S/C17H15F2NO3/c1-2-22-15-5-3-4-11-9-20(16(21)10-23-17(11)15)14-7-6-12(18)8-13(14)19/h3-8H,2,9-10H2,1H3. The Morgan fingerprint density at radius 3 is 2.83 bits per heavy atom. The molecule has 0 saturated carbocycles. The van der Waals surface area contributed by atoms with Crippen LogP contribution in [0, 0.1) is 11.6 Å². The lowest BCUT2D eigenvalue weighted by Crippen LogP contribution is -2.33. The van der Waals surface area contributed by atoms with E-state index in [9.17, 15) is 13.6 Å². The van der Waals surface area contributed by atoms with Gasteiger partial charge in [-0.25, -0.2) is 8.78 Å². The Kier molecular flexibility index (Phi) is 4.14. The highest BCUT2D eigenvalue weighted by Gasteiger charge is 2.26. The Morgan fingerprint density at radius 2 is 2.09 bits per heavy atom. The number of carbonyl (C=O) groups is 1. The number of fused-ring (bicyclic) bond motifs is 1. The molecule has 0 spiro atoms. The summed E-state index contributed by atoms with van der Waals surface area (Å²) in [7, 11) is 0. The number of anilines is 1. The van der Waals surface area contributed by atoms with Crippen LogP contribution in [-0.2, 0) is 11.3 Å². The zero-order valence-corrected chi connectivity index (χ0v) is 12.5. The van der Waals surface area contributed by atoms with E-state index >= 15 is 0 Å². The molecule has 0 atom stereocenters.